The van der Waals surface area contributed by atoms with Gasteiger partial charge in [-0.1, -0.05) is 19.3 Å². The summed E-state index contributed by atoms with van der Waals surface area (Å²) in [6.45, 7) is 1.70. The molecule has 0 unspecified atom stereocenters. The molecule has 2 heterocycles. The van der Waals surface area contributed by atoms with E-state index in [1.165, 1.54) is 18.6 Å². The molecule has 0 bridgehead atoms. The van der Waals surface area contributed by atoms with Gasteiger partial charge in [0.25, 0.3) is 11.6 Å². The smallest absolute Gasteiger partial charge is 0.317 e. The standard InChI is InChI=1S/C21H28N4O6/c26-20(16-12-18-19(31-11-10-30-18)13-17(16)25(28)29)22-15-6-8-24(9-7-15)21(27)23-14-4-2-1-3-5-14/h12-15H,1-11H2,(H,22,26)(H,23,27). The molecule has 1 saturated carbocycles. The molecule has 2 aliphatic heterocycles. The molecule has 168 valence electrons. The van der Waals surface area contributed by atoms with Crippen molar-refractivity contribution in [3.05, 3.63) is 27.8 Å². The van der Waals surface area contributed by atoms with Gasteiger partial charge in [0.1, 0.15) is 18.8 Å². The van der Waals surface area contributed by atoms with Gasteiger partial charge in [-0.2, -0.15) is 0 Å². The first-order valence-corrected chi connectivity index (χ1v) is 11.0. The zero-order valence-electron chi connectivity index (χ0n) is 17.4. The monoisotopic (exact) mass is 432 g/mol. The van der Waals surface area contributed by atoms with Crippen molar-refractivity contribution in [1.29, 1.82) is 0 Å². The van der Waals surface area contributed by atoms with E-state index in [1.807, 2.05) is 0 Å². The lowest BCUT2D eigenvalue weighted by Gasteiger charge is -2.34. The summed E-state index contributed by atoms with van der Waals surface area (Å²) in [6, 6.07) is 2.67. The number of ether oxygens (including phenoxy) is 2. The van der Waals surface area contributed by atoms with Crippen molar-refractivity contribution in [2.45, 2.75) is 57.0 Å². The number of hydrogen-bond acceptors (Lipinski definition) is 6. The Balaban J connectivity index is 1.34. The fraction of sp³-hybridized carbons (Fsp3) is 0.619. The van der Waals surface area contributed by atoms with Crippen molar-refractivity contribution in [2.24, 2.45) is 0 Å². The van der Waals surface area contributed by atoms with Gasteiger partial charge in [-0.05, 0) is 25.7 Å². The Kier molecular flexibility index (Phi) is 6.43. The first-order valence-electron chi connectivity index (χ1n) is 11.0. The first-order chi connectivity index (χ1) is 15.0. The predicted molar refractivity (Wildman–Crippen MR) is 112 cm³/mol. The van der Waals surface area contributed by atoms with Crippen LogP contribution in [-0.4, -0.2) is 60.1 Å². The van der Waals surface area contributed by atoms with Crippen molar-refractivity contribution in [2.75, 3.05) is 26.3 Å². The van der Waals surface area contributed by atoms with E-state index in [0.29, 0.717) is 44.9 Å². The van der Waals surface area contributed by atoms with Crippen LogP contribution in [0.5, 0.6) is 11.5 Å². The topological polar surface area (TPSA) is 123 Å². The number of carbonyl (C=O) groups excluding carboxylic acids is 2. The van der Waals surface area contributed by atoms with E-state index >= 15 is 0 Å². The summed E-state index contributed by atoms with van der Waals surface area (Å²) in [6.07, 6.45) is 6.82. The molecule has 2 fully saturated rings. The van der Waals surface area contributed by atoms with E-state index in [4.69, 9.17) is 9.47 Å². The lowest BCUT2D eigenvalue weighted by molar-refractivity contribution is -0.385. The van der Waals surface area contributed by atoms with Gasteiger partial charge in [-0.25, -0.2) is 4.79 Å². The third kappa shape index (κ3) is 5.00. The summed E-state index contributed by atoms with van der Waals surface area (Å²) in [4.78, 5) is 38.0. The van der Waals surface area contributed by atoms with E-state index in [-0.39, 0.29) is 35.1 Å². The number of likely N-dealkylation sites (tertiary alicyclic amines) is 1. The summed E-state index contributed by atoms with van der Waals surface area (Å²) < 4.78 is 10.8. The van der Waals surface area contributed by atoms with Crippen LogP contribution < -0.4 is 20.1 Å². The molecule has 3 aliphatic rings. The lowest BCUT2D eigenvalue weighted by Crippen LogP contribution is -2.51. The minimum Gasteiger partial charge on any atom is -0.486 e. The summed E-state index contributed by atoms with van der Waals surface area (Å²) in [7, 11) is 0. The van der Waals surface area contributed by atoms with Gasteiger partial charge in [-0.3, -0.25) is 14.9 Å². The number of rotatable bonds is 4. The largest absolute Gasteiger partial charge is 0.486 e. The summed E-state index contributed by atoms with van der Waals surface area (Å²) in [5.41, 5.74) is -0.363. The summed E-state index contributed by atoms with van der Waals surface area (Å²) >= 11 is 0. The Morgan fingerprint density at radius 3 is 2.19 bits per heavy atom. The number of nitro benzene ring substituents is 1. The molecule has 0 spiro atoms. The van der Waals surface area contributed by atoms with Gasteiger partial charge in [0.2, 0.25) is 0 Å². The highest BCUT2D eigenvalue weighted by Gasteiger charge is 2.30. The van der Waals surface area contributed by atoms with Crippen LogP contribution in [0.2, 0.25) is 0 Å². The third-order valence-electron chi connectivity index (χ3n) is 6.15. The van der Waals surface area contributed by atoms with Crippen LogP contribution >= 0.6 is 0 Å². The average Bonchev–Trinajstić information content (AvgIpc) is 2.79. The number of nitro groups is 1. The van der Waals surface area contributed by atoms with Crippen LogP contribution in [0, 0.1) is 10.1 Å². The van der Waals surface area contributed by atoms with Crippen LogP contribution in [0.1, 0.15) is 55.3 Å². The molecule has 4 rings (SSSR count). The van der Waals surface area contributed by atoms with Crippen molar-refractivity contribution in [3.63, 3.8) is 0 Å². The van der Waals surface area contributed by atoms with E-state index in [9.17, 15) is 19.7 Å². The minimum absolute atomic E-state index is 0.0425. The number of urea groups is 1. The Bertz CT molecular complexity index is 847. The molecule has 1 aromatic carbocycles. The van der Waals surface area contributed by atoms with E-state index in [1.54, 1.807) is 4.90 Å². The maximum absolute atomic E-state index is 12.8. The van der Waals surface area contributed by atoms with Crippen LogP contribution in [-0.2, 0) is 0 Å². The molecule has 0 radical (unpaired) electrons. The molecule has 1 aromatic rings. The molecule has 10 heteroatoms. The number of carbonyl (C=O) groups is 2. The highest BCUT2D eigenvalue weighted by atomic mass is 16.6. The highest BCUT2D eigenvalue weighted by molar-refractivity contribution is 5.99. The van der Waals surface area contributed by atoms with Crippen molar-refractivity contribution >= 4 is 17.6 Å². The first kappa shape index (κ1) is 21.2. The zero-order chi connectivity index (χ0) is 21.8. The van der Waals surface area contributed by atoms with Crippen LogP contribution in [0.4, 0.5) is 10.5 Å². The molecule has 2 N–H and O–H groups in total. The lowest BCUT2D eigenvalue weighted by atomic mass is 9.95. The number of fused-ring (bicyclic) bond motifs is 1. The number of amides is 3. The molecular weight excluding hydrogens is 404 g/mol. The fourth-order valence-electron chi connectivity index (χ4n) is 4.41. The third-order valence-corrected chi connectivity index (χ3v) is 6.15. The molecular formula is C21H28N4O6. The maximum atomic E-state index is 12.8. The Labute approximate surface area is 180 Å². The van der Waals surface area contributed by atoms with Gasteiger partial charge in [0.05, 0.1) is 11.0 Å². The van der Waals surface area contributed by atoms with Crippen molar-refractivity contribution < 1.29 is 24.0 Å². The Hall–Kier alpha value is -3.04. The summed E-state index contributed by atoms with van der Waals surface area (Å²) in [5, 5.41) is 17.5. The number of nitrogens with zero attached hydrogens (tertiary/aromatic N) is 2. The second-order valence-corrected chi connectivity index (χ2v) is 8.29. The van der Waals surface area contributed by atoms with Gasteiger partial charge < -0.3 is 25.0 Å². The second kappa shape index (κ2) is 9.40. The number of hydrogen-bond donors (Lipinski definition) is 2. The molecule has 0 atom stereocenters. The second-order valence-electron chi connectivity index (χ2n) is 8.29. The normalized spacial score (nSPS) is 19.5. The average molecular weight is 432 g/mol. The van der Waals surface area contributed by atoms with Gasteiger partial charge in [0, 0.05) is 31.2 Å². The van der Waals surface area contributed by atoms with Gasteiger partial charge in [-0.15, -0.1) is 0 Å². The Morgan fingerprint density at radius 2 is 1.55 bits per heavy atom. The fourth-order valence-corrected chi connectivity index (χ4v) is 4.41. The van der Waals surface area contributed by atoms with E-state index in [2.05, 4.69) is 10.6 Å². The number of nitrogens with one attached hydrogen (secondary N) is 2. The van der Waals surface area contributed by atoms with Gasteiger partial charge >= 0.3 is 6.03 Å². The minimum atomic E-state index is -0.592. The molecule has 10 nitrogen and oxygen atoms in total. The quantitative estimate of drug-likeness (QED) is 0.557. The molecule has 31 heavy (non-hydrogen) atoms. The van der Waals surface area contributed by atoms with Gasteiger partial charge in [0.15, 0.2) is 11.5 Å². The van der Waals surface area contributed by atoms with Crippen LogP contribution in [0.3, 0.4) is 0 Å². The molecule has 0 aromatic heterocycles. The van der Waals surface area contributed by atoms with E-state index in [0.717, 1.165) is 25.7 Å². The molecule has 1 aliphatic carbocycles. The molecule has 1 saturated heterocycles. The number of benzene rings is 1. The Morgan fingerprint density at radius 1 is 0.935 bits per heavy atom. The molecule has 3 amide bonds. The van der Waals surface area contributed by atoms with Crippen LogP contribution in [0.15, 0.2) is 12.1 Å². The van der Waals surface area contributed by atoms with Crippen molar-refractivity contribution in [3.8, 4) is 11.5 Å². The maximum Gasteiger partial charge on any atom is 0.317 e. The zero-order valence-corrected chi connectivity index (χ0v) is 17.4. The SMILES string of the molecule is O=C(NC1CCN(C(=O)NC2CCCCC2)CC1)c1cc2c(cc1[N+](=O)[O-])OCCO2. The predicted octanol–water partition coefficient (Wildman–Crippen LogP) is 2.60. The van der Waals surface area contributed by atoms with Crippen LogP contribution in [0.25, 0.3) is 0 Å². The number of piperidine rings is 1. The van der Waals surface area contributed by atoms with E-state index < -0.39 is 10.8 Å². The van der Waals surface area contributed by atoms with Crippen molar-refractivity contribution in [1.82, 2.24) is 15.5 Å². The summed E-state index contributed by atoms with van der Waals surface area (Å²) in [5.74, 6) is 0.0803. The highest BCUT2D eigenvalue weighted by Crippen LogP contribution is 2.36.